The molecule has 1 N–H and O–H groups in total. The maximum absolute atomic E-state index is 14.5. The van der Waals surface area contributed by atoms with Crippen LogP contribution in [-0.2, 0) is 0 Å². The number of fused-ring (bicyclic) bond motifs is 1. The van der Waals surface area contributed by atoms with Gasteiger partial charge in [0.05, 0.1) is 23.4 Å². The summed E-state index contributed by atoms with van der Waals surface area (Å²) in [4.78, 5) is 7.12. The molecule has 3 heterocycles. The number of hydrogen-bond donors (Lipinski definition) is 1. The molecule has 2 unspecified atom stereocenters. The molecular formula is C24H26ClFN4. The zero-order chi connectivity index (χ0) is 20.7. The van der Waals surface area contributed by atoms with Crippen LogP contribution < -0.4 is 5.32 Å². The summed E-state index contributed by atoms with van der Waals surface area (Å²) in [5.41, 5.74) is 5.18. The van der Waals surface area contributed by atoms with Crippen molar-refractivity contribution in [2.75, 3.05) is 26.2 Å². The Kier molecular flexibility index (Phi) is 5.35. The van der Waals surface area contributed by atoms with Gasteiger partial charge in [-0.15, -0.1) is 0 Å². The van der Waals surface area contributed by atoms with Crippen LogP contribution in [0.4, 0.5) is 4.39 Å². The van der Waals surface area contributed by atoms with E-state index in [2.05, 4.69) is 39.5 Å². The molecule has 2 aliphatic heterocycles. The van der Waals surface area contributed by atoms with Crippen LogP contribution in [0.3, 0.4) is 0 Å². The average Bonchev–Trinajstić information content (AvgIpc) is 3.43. The molecule has 4 nitrogen and oxygen atoms in total. The molecule has 6 heteroatoms. The molecule has 0 bridgehead atoms. The first-order chi connectivity index (χ1) is 14.6. The van der Waals surface area contributed by atoms with E-state index in [1.54, 1.807) is 18.5 Å². The SMILES string of the molecule is CC(c1ccc(Cl)cc1F)n1cnc2ccc(C3=CCN(C4CCNC4)CC3)cc21. The van der Waals surface area contributed by atoms with E-state index in [-0.39, 0.29) is 11.9 Å². The maximum Gasteiger partial charge on any atom is 0.129 e. The molecule has 1 saturated heterocycles. The van der Waals surface area contributed by atoms with Crippen molar-refractivity contribution in [1.82, 2.24) is 19.8 Å². The highest BCUT2D eigenvalue weighted by molar-refractivity contribution is 6.30. The predicted octanol–water partition coefficient (Wildman–Crippen LogP) is 4.89. The summed E-state index contributed by atoms with van der Waals surface area (Å²) in [6.45, 7) is 6.33. The van der Waals surface area contributed by atoms with Crippen molar-refractivity contribution in [2.24, 2.45) is 0 Å². The van der Waals surface area contributed by atoms with Gasteiger partial charge < -0.3 is 9.88 Å². The molecule has 2 aliphatic rings. The second-order valence-electron chi connectivity index (χ2n) is 8.32. The number of nitrogens with zero attached hydrogens (tertiary/aromatic N) is 3. The minimum Gasteiger partial charge on any atom is -0.323 e. The van der Waals surface area contributed by atoms with Crippen LogP contribution in [0.1, 0.15) is 36.9 Å². The average molecular weight is 425 g/mol. The monoisotopic (exact) mass is 424 g/mol. The fraction of sp³-hybridized carbons (Fsp3) is 0.375. The Bertz CT molecular complexity index is 1100. The van der Waals surface area contributed by atoms with Gasteiger partial charge in [-0.2, -0.15) is 0 Å². The third-order valence-corrected chi connectivity index (χ3v) is 6.80. The highest BCUT2D eigenvalue weighted by Crippen LogP contribution is 2.30. The zero-order valence-corrected chi connectivity index (χ0v) is 17.9. The first-order valence-corrected chi connectivity index (χ1v) is 11.0. The van der Waals surface area contributed by atoms with E-state index in [0.717, 1.165) is 43.6 Å². The van der Waals surface area contributed by atoms with Gasteiger partial charge in [-0.1, -0.05) is 29.8 Å². The minimum absolute atomic E-state index is 0.173. The summed E-state index contributed by atoms with van der Waals surface area (Å²) in [5.74, 6) is -0.288. The van der Waals surface area contributed by atoms with E-state index in [1.807, 2.05) is 11.5 Å². The van der Waals surface area contributed by atoms with Gasteiger partial charge in [0.15, 0.2) is 0 Å². The second-order valence-corrected chi connectivity index (χ2v) is 8.75. The molecule has 2 aromatic carbocycles. The van der Waals surface area contributed by atoms with E-state index < -0.39 is 0 Å². The Labute approximate surface area is 181 Å². The van der Waals surface area contributed by atoms with Crippen LogP contribution in [0.2, 0.25) is 5.02 Å². The fourth-order valence-electron chi connectivity index (χ4n) is 4.75. The number of halogens is 2. The standard InChI is InChI=1S/C24H26ClFN4/c1-16(21-4-3-19(25)13-22(21)26)30-15-28-23-5-2-18(12-24(23)30)17-7-10-29(11-8-17)20-6-9-27-14-20/h2-5,7,12-13,15-16,20,27H,6,8-11,14H2,1H3. The molecule has 2 atom stereocenters. The molecule has 3 aromatic rings. The lowest BCUT2D eigenvalue weighted by atomic mass is 9.98. The molecule has 0 saturated carbocycles. The molecule has 5 rings (SSSR count). The Morgan fingerprint density at radius 1 is 1.23 bits per heavy atom. The van der Waals surface area contributed by atoms with Crippen molar-refractivity contribution in [3.05, 3.63) is 70.8 Å². The molecule has 156 valence electrons. The Hall–Kier alpha value is -2.21. The van der Waals surface area contributed by atoms with Crippen LogP contribution in [0.15, 0.2) is 48.8 Å². The molecular weight excluding hydrogens is 399 g/mol. The Balaban J connectivity index is 1.43. The van der Waals surface area contributed by atoms with Gasteiger partial charge in [-0.3, -0.25) is 4.90 Å². The van der Waals surface area contributed by atoms with Crippen molar-refractivity contribution in [3.8, 4) is 0 Å². The third kappa shape index (κ3) is 3.66. The fourth-order valence-corrected chi connectivity index (χ4v) is 4.91. The lowest BCUT2D eigenvalue weighted by molar-refractivity contribution is 0.230. The van der Waals surface area contributed by atoms with E-state index >= 15 is 0 Å². The van der Waals surface area contributed by atoms with E-state index in [9.17, 15) is 4.39 Å². The molecule has 0 amide bonds. The maximum atomic E-state index is 14.5. The number of aromatic nitrogens is 2. The topological polar surface area (TPSA) is 33.1 Å². The summed E-state index contributed by atoms with van der Waals surface area (Å²) in [6, 6.07) is 11.8. The number of rotatable bonds is 4. The number of benzene rings is 2. The molecule has 0 radical (unpaired) electrons. The summed E-state index contributed by atoms with van der Waals surface area (Å²) >= 11 is 5.93. The predicted molar refractivity (Wildman–Crippen MR) is 120 cm³/mol. The molecule has 1 aromatic heterocycles. The Morgan fingerprint density at radius 3 is 2.87 bits per heavy atom. The van der Waals surface area contributed by atoms with Gasteiger partial charge in [-0.05, 0) is 61.7 Å². The smallest absolute Gasteiger partial charge is 0.129 e. The third-order valence-electron chi connectivity index (χ3n) is 6.57. The van der Waals surface area contributed by atoms with Crippen LogP contribution in [-0.4, -0.2) is 46.7 Å². The Morgan fingerprint density at radius 2 is 2.13 bits per heavy atom. The summed E-state index contributed by atoms with van der Waals surface area (Å²) in [7, 11) is 0. The van der Waals surface area contributed by atoms with Crippen LogP contribution >= 0.6 is 11.6 Å². The summed E-state index contributed by atoms with van der Waals surface area (Å²) in [5, 5.41) is 3.87. The number of hydrogen-bond acceptors (Lipinski definition) is 3. The zero-order valence-electron chi connectivity index (χ0n) is 17.1. The first-order valence-electron chi connectivity index (χ1n) is 10.7. The van der Waals surface area contributed by atoms with Crippen molar-refractivity contribution in [2.45, 2.75) is 31.8 Å². The number of imidazole rings is 1. The summed E-state index contributed by atoms with van der Waals surface area (Å²) in [6.07, 6.45) is 6.47. The lowest BCUT2D eigenvalue weighted by Gasteiger charge is -2.31. The van der Waals surface area contributed by atoms with E-state index in [1.165, 1.54) is 23.6 Å². The van der Waals surface area contributed by atoms with Crippen LogP contribution in [0, 0.1) is 5.82 Å². The van der Waals surface area contributed by atoms with Crippen LogP contribution in [0.25, 0.3) is 16.6 Å². The first kappa shape index (κ1) is 19.7. The summed E-state index contributed by atoms with van der Waals surface area (Å²) < 4.78 is 16.5. The molecule has 1 fully saturated rings. The van der Waals surface area contributed by atoms with Gasteiger partial charge in [0.2, 0.25) is 0 Å². The largest absolute Gasteiger partial charge is 0.323 e. The highest BCUT2D eigenvalue weighted by atomic mass is 35.5. The minimum atomic E-state index is -0.288. The van der Waals surface area contributed by atoms with E-state index in [0.29, 0.717) is 16.6 Å². The second kappa shape index (κ2) is 8.14. The van der Waals surface area contributed by atoms with Gasteiger partial charge in [-0.25, -0.2) is 9.37 Å². The van der Waals surface area contributed by atoms with Crippen molar-refractivity contribution in [1.29, 1.82) is 0 Å². The van der Waals surface area contributed by atoms with E-state index in [4.69, 9.17) is 11.6 Å². The molecule has 0 spiro atoms. The van der Waals surface area contributed by atoms with Crippen molar-refractivity contribution >= 4 is 28.2 Å². The molecule has 0 aliphatic carbocycles. The highest BCUT2D eigenvalue weighted by Gasteiger charge is 2.24. The lowest BCUT2D eigenvalue weighted by Crippen LogP contribution is -2.39. The molecule has 30 heavy (non-hydrogen) atoms. The van der Waals surface area contributed by atoms with Crippen LogP contribution in [0.5, 0.6) is 0 Å². The van der Waals surface area contributed by atoms with Gasteiger partial charge in [0.25, 0.3) is 0 Å². The van der Waals surface area contributed by atoms with Crippen molar-refractivity contribution in [3.63, 3.8) is 0 Å². The quantitative estimate of drug-likeness (QED) is 0.647. The van der Waals surface area contributed by atoms with Gasteiger partial charge in [0.1, 0.15) is 5.82 Å². The normalized spacial score (nSPS) is 21.2. The van der Waals surface area contributed by atoms with Gasteiger partial charge in [0, 0.05) is 36.3 Å². The number of nitrogens with one attached hydrogen (secondary N) is 1. The van der Waals surface area contributed by atoms with Crippen molar-refractivity contribution < 1.29 is 4.39 Å². The van der Waals surface area contributed by atoms with Gasteiger partial charge >= 0.3 is 0 Å².